The number of aromatic nitrogens is 1. The lowest BCUT2D eigenvalue weighted by Crippen LogP contribution is -2.62. The maximum absolute atomic E-state index is 15.4. The summed E-state index contributed by atoms with van der Waals surface area (Å²) >= 11 is 13.9. The second-order valence-electron chi connectivity index (χ2n) is 23.8. The number of aliphatic hydroxyl groups excluding tert-OH is 2. The third-order valence-electron chi connectivity index (χ3n) is 18.1. The number of carbonyl (C=O) groups excluding carboxylic acids is 5. The lowest BCUT2D eigenvalue weighted by molar-refractivity contribution is -0.319. The van der Waals surface area contributed by atoms with Crippen LogP contribution in [0.4, 0.5) is 4.79 Å². The number of methoxy groups -OCH3 is 3. The number of thioether (sulfide) groups is 1. The number of morpholine rings is 1. The van der Waals surface area contributed by atoms with E-state index in [1.54, 1.807) is 78.6 Å². The van der Waals surface area contributed by atoms with E-state index in [0.29, 0.717) is 43.2 Å². The molecule has 0 radical (unpaired) electrons. The first-order valence-corrected chi connectivity index (χ1v) is 30.9. The molecule has 5 aliphatic heterocycles. The highest BCUT2D eigenvalue weighted by Gasteiger charge is 2.62. The summed E-state index contributed by atoms with van der Waals surface area (Å²) in [4.78, 5) is 79.7. The SMILES string of the molecule is CC[C@H]1OC(=O)[C@H](C)[C@@H](O[C@H]2C[C@@](C)(OC)[C@@H](O)[C@H](C)O2)[C@H](C)[C@@H](O[C@@H]2O[C@H](C)C[C@H](N(C)C(=O)N3CCOCC3)[C@H]2O)[C@](C)(OC)C[C@@H](C)C(=O)[C@H](C)[C@H]2[C@H](SCCOc3cc(C(=O)Cc4c(Cl)cncc4Cl)ccc3OC)C(=O)O[C@@]21C. The van der Waals surface area contributed by atoms with E-state index in [9.17, 15) is 24.6 Å². The van der Waals surface area contributed by atoms with Gasteiger partial charge < -0.3 is 72.1 Å². The Hall–Kier alpha value is -3.91. The van der Waals surface area contributed by atoms with E-state index >= 15 is 9.59 Å². The molecule has 1 aromatic carbocycles. The van der Waals surface area contributed by atoms with Gasteiger partial charge in [0.15, 0.2) is 35.5 Å². The standard InChI is InChI=1S/C60H87Cl2N3O18S/c1-15-45-60(10)47(51(55(71)83-60)84-23-22-77-44-25-37(16-17-43(44)73-12)42(66)26-38-39(61)29-63-30-40(38)62)33(4)48(67)31(2)27-59(9,75-14)53(82-56-49(68)41(24-32(3)78-56)64(11)57(72)65-18-20-76-21-19-65)34(5)50(35(6)54(70)80-45)81-46-28-58(8,74-13)52(69)36(7)79-46/h16-17,25,29-36,41,45-47,49-53,56,68-69H,15,18-24,26-28H2,1-14H3/t31-,32-,33-,34+,35-,36+,41+,45-,46+,47+,49-,50+,51+,52+,53-,56+,58-,59-,60-/m1/s1. The minimum absolute atomic E-state index is 0.0302. The first-order chi connectivity index (χ1) is 39.7. The van der Waals surface area contributed by atoms with Gasteiger partial charge in [-0.1, -0.05) is 50.9 Å². The number of esters is 2. The summed E-state index contributed by atoms with van der Waals surface area (Å²) < 4.78 is 69.5. The molecule has 1 aromatic heterocycles. The van der Waals surface area contributed by atoms with Gasteiger partial charge in [-0.05, 0) is 79.0 Å². The van der Waals surface area contributed by atoms with Gasteiger partial charge in [0.1, 0.15) is 29.3 Å². The van der Waals surface area contributed by atoms with Crippen molar-refractivity contribution in [2.24, 2.45) is 29.6 Å². The normalized spacial score (nSPS) is 37.1. The van der Waals surface area contributed by atoms with E-state index in [4.69, 9.17) is 75.3 Å². The molecule has 19 atom stereocenters. The van der Waals surface area contributed by atoms with Gasteiger partial charge in [0, 0.05) is 100 Å². The Balaban J connectivity index is 1.22. The first-order valence-electron chi connectivity index (χ1n) is 29.0. The fraction of sp³-hybridized carbons (Fsp3) is 0.733. The summed E-state index contributed by atoms with van der Waals surface area (Å²) in [6, 6.07) is 3.76. The van der Waals surface area contributed by atoms with Crippen LogP contribution in [0.2, 0.25) is 10.0 Å². The number of fused-ring (bicyclic) bond motifs is 1. The van der Waals surface area contributed by atoms with Gasteiger partial charge in [-0.3, -0.25) is 24.2 Å². The number of nitrogens with zero attached hydrogens (tertiary/aromatic N) is 3. The molecule has 24 heteroatoms. The summed E-state index contributed by atoms with van der Waals surface area (Å²) in [6.07, 6.45) is -6.11. The second-order valence-corrected chi connectivity index (χ2v) is 25.9. The Morgan fingerprint density at radius 3 is 2.18 bits per heavy atom. The Morgan fingerprint density at radius 1 is 0.881 bits per heavy atom. The molecule has 84 heavy (non-hydrogen) atoms. The van der Waals surface area contributed by atoms with Crippen LogP contribution in [-0.4, -0.2) is 205 Å². The molecule has 6 heterocycles. The van der Waals surface area contributed by atoms with Crippen molar-refractivity contribution in [3.63, 3.8) is 0 Å². The molecule has 0 unspecified atom stereocenters. The van der Waals surface area contributed by atoms with E-state index in [1.165, 1.54) is 50.4 Å². The largest absolute Gasteiger partial charge is 0.493 e. The zero-order chi connectivity index (χ0) is 61.7. The molecule has 0 saturated carbocycles. The molecule has 5 fully saturated rings. The van der Waals surface area contributed by atoms with E-state index in [1.807, 2.05) is 20.8 Å². The Kier molecular flexibility index (Phi) is 22.9. The predicted molar refractivity (Wildman–Crippen MR) is 311 cm³/mol. The maximum atomic E-state index is 15.4. The number of pyridine rings is 1. The second kappa shape index (κ2) is 28.5. The number of cyclic esters (lactones) is 1. The van der Waals surface area contributed by atoms with Crippen molar-refractivity contribution in [3.8, 4) is 11.5 Å². The molecule has 5 saturated heterocycles. The van der Waals surface area contributed by atoms with Crippen LogP contribution >= 0.6 is 35.0 Å². The van der Waals surface area contributed by atoms with Crippen LogP contribution in [0.1, 0.15) is 111 Å². The minimum atomic E-state index is -1.52. The number of Topliss-reactive ketones (excluding diaryl/α,β-unsaturated/α-hetero) is 2. The van der Waals surface area contributed by atoms with Crippen LogP contribution in [-0.2, 0) is 63.4 Å². The lowest BCUT2D eigenvalue weighted by atomic mass is 9.70. The fourth-order valence-electron chi connectivity index (χ4n) is 13.0. The van der Waals surface area contributed by atoms with Crippen LogP contribution in [0.3, 0.4) is 0 Å². The summed E-state index contributed by atoms with van der Waals surface area (Å²) in [6.45, 7) is 19.2. The molecule has 0 bridgehead atoms. The molecule has 2 N–H and O–H groups in total. The topological polar surface area (TPSA) is 247 Å². The number of benzene rings is 1. The highest BCUT2D eigenvalue weighted by molar-refractivity contribution is 8.00. The quantitative estimate of drug-likeness (QED) is 0.0890. The van der Waals surface area contributed by atoms with E-state index in [0.717, 1.165) is 0 Å². The third kappa shape index (κ3) is 14.5. The number of urea groups is 1. The number of halogens is 2. The number of hydrogen-bond donors (Lipinski definition) is 2. The Labute approximate surface area is 507 Å². The molecule has 0 aliphatic carbocycles. The molecule has 21 nitrogen and oxygen atoms in total. The average molecular weight is 1240 g/mol. The molecular weight excluding hydrogens is 1150 g/mol. The van der Waals surface area contributed by atoms with E-state index < -0.39 is 125 Å². The molecule has 2 amide bonds. The van der Waals surface area contributed by atoms with E-state index in [-0.39, 0.29) is 77.9 Å². The number of amides is 2. The van der Waals surface area contributed by atoms with Gasteiger partial charge in [-0.25, -0.2) is 4.79 Å². The molecule has 2 aromatic rings. The van der Waals surface area contributed by atoms with Gasteiger partial charge in [0.2, 0.25) is 0 Å². The lowest BCUT2D eigenvalue weighted by Gasteiger charge is -2.50. The monoisotopic (exact) mass is 1240 g/mol. The smallest absolute Gasteiger partial charge is 0.320 e. The number of likely N-dealkylation sites (N-methyl/N-ethyl adjacent to an activating group) is 1. The number of rotatable bonds is 17. The zero-order valence-corrected chi connectivity index (χ0v) is 53.2. The summed E-state index contributed by atoms with van der Waals surface area (Å²) in [5.74, 6) is -5.45. The highest BCUT2D eigenvalue weighted by atomic mass is 35.5. The number of carbonyl (C=O) groups is 5. The number of ketones is 2. The van der Waals surface area contributed by atoms with Crippen molar-refractivity contribution in [2.45, 2.75) is 185 Å². The van der Waals surface area contributed by atoms with Gasteiger partial charge in [-0.15, -0.1) is 11.8 Å². The van der Waals surface area contributed by atoms with Crippen molar-refractivity contribution < 1.29 is 86.3 Å². The predicted octanol–water partition coefficient (Wildman–Crippen LogP) is 7.40. The minimum Gasteiger partial charge on any atom is -0.493 e. The van der Waals surface area contributed by atoms with Gasteiger partial charge in [0.05, 0.1) is 84.6 Å². The van der Waals surface area contributed by atoms with Crippen LogP contribution < -0.4 is 9.47 Å². The summed E-state index contributed by atoms with van der Waals surface area (Å²) in [5, 5.41) is 23.1. The Bertz CT molecular complexity index is 2620. The fourth-order valence-corrected chi connectivity index (χ4v) is 14.9. The summed E-state index contributed by atoms with van der Waals surface area (Å²) in [5.41, 5.74) is -3.30. The molecular formula is C60H87Cl2N3O18S. The van der Waals surface area contributed by atoms with Gasteiger partial charge >= 0.3 is 18.0 Å². The molecule has 470 valence electrons. The third-order valence-corrected chi connectivity index (χ3v) is 20.0. The van der Waals surface area contributed by atoms with Crippen molar-refractivity contribution in [3.05, 3.63) is 51.8 Å². The van der Waals surface area contributed by atoms with Crippen LogP contribution in [0.5, 0.6) is 11.5 Å². The van der Waals surface area contributed by atoms with Crippen LogP contribution in [0.15, 0.2) is 30.6 Å². The van der Waals surface area contributed by atoms with Crippen LogP contribution in [0.25, 0.3) is 0 Å². The molecule has 0 spiro atoms. The average Bonchev–Trinajstić information content (AvgIpc) is 2.16. The highest BCUT2D eigenvalue weighted by Crippen LogP contribution is 2.50. The first kappa shape index (κ1) is 67.6. The molecule has 7 rings (SSSR count). The van der Waals surface area contributed by atoms with E-state index in [2.05, 4.69) is 4.98 Å². The van der Waals surface area contributed by atoms with Crippen molar-refractivity contribution in [1.29, 1.82) is 0 Å². The number of ether oxygens (including phenoxy) is 11. The van der Waals surface area contributed by atoms with Crippen molar-refractivity contribution in [2.75, 3.05) is 67.0 Å². The Morgan fingerprint density at radius 2 is 1.55 bits per heavy atom. The van der Waals surface area contributed by atoms with Crippen LogP contribution in [0, 0.1) is 29.6 Å². The maximum Gasteiger partial charge on any atom is 0.320 e. The number of hydrogen-bond acceptors (Lipinski definition) is 20. The molecule has 5 aliphatic rings. The van der Waals surface area contributed by atoms with Crippen molar-refractivity contribution >= 4 is 64.5 Å². The zero-order valence-electron chi connectivity index (χ0n) is 50.8. The number of aliphatic hydroxyl groups is 2. The van der Waals surface area contributed by atoms with Gasteiger partial charge in [0.25, 0.3) is 0 Å². The summed E-state index contributed by atoms with van der Waals surface area (Å²) in [7, 11) is 6.10. The van der Waals surface area contributed by atoms with Gasteiger partial charge in [-0.2, -0.15) is 0 Å². The van der Waals surface area contributed by atoms with Crippen molar-refractivity contribution in [1.82, 2.24) is 14.8 Å².